The van der Waals surface area contributed by atoms with Gasteiger partial charge in [0.25, 0.3) is 11.8 Å². The molecule has 0 fully saturated rings. The highest BCUT2D eigenvalue weighted by atomic mass is 16.4. The van der Waals surface area contributed by atoms with Crippen molar-refractivity contribution in [1.82, 2.24) is 10.7 Å². The van der Waals surface area contributed by atoms with Gasteiger partial charge in [0.05, 0.1) is 5.71 Å². The molecule has 1 aliphatic rings. The van der Waals surface area contributed by atoms with Gasteiger partial charge >= 0.3 is 0 Å². The SMILES string of the molecule is Cc1ccccc1C(=O)N/N=C1\CCCc2oc(C(=O)NC(C)C)c(C)c21. The fraction of sp³-hybridized carbons (Fsp3) is 0.381. The summed E-state index contributed by atoms with van der Waals surface area (Å²) < 4.78 is 5.83. The predicted octanol–water partition coefficient (Wildman–Crippen LogP) is 3.51. The molecule has 0 saturated carbocycles. The topological polar surface area (TPSA) is 83.7 Å². The normalized spacial score (nSPS) is 14.9. The van der Waals surface area contributed by atoms with Crippen molar-refractivity contribution in [2.45, 2.75) is 53.0 Å². The van der Waals surface area contributed by atoms with Crippen molar-refractivity contribution >= 4 is 17.5 Å². The molecule has 1 aliphatic carbocycles. The monoisotopic (exact) mass is 367 g/mol. The summed E-state index contributed by atoms with van der Waals surface area (Å²) in [6, 6.07) is 7.41. The van der Waals surface area contributed by atoms with Crippen molar-refractivity contribution in [3.05, 3.63) is 58.0 Å². The van der Waals surface area contributed by atoms with Gasteiger partial charge < -0.3 is 9.73 Å². The van der Waals surface area contributed by atoms with Gasteiger partial charge in [0.2, 0.25) is 0 Å². The second-order valence-electron chi connectivity index (χ2n) is 7.15. The second kappa shape index (κ2) is 7.78. The zero-order valence-corrected chi connectivity index (χ0v) is 16.2. The van der Waals surface area contributed by atoms with Gasteiger partial charge in [-0.15, -0.1) is 0 Å². The average Bonchev–Trinajstić information content (AvgIpc) is 2.97. The Morgan fingerprint density at radius 2 is 1.85 bits per heavy atom. The third kappa shape index (κ3) is 3.94. The van der Waals surface area contributed by atoms with E-state index in [9.17, 15) is 9.59 Å². The van der Waals surface area contributed by atoms with E-state index >= 15 is 0 Å². The molecular formula is C21H25N3O3. The third-order valence-electron chi connectivity index (χ3n) is 4.63. The minimum absolute atomic E-state index is 0.0283. The van der Waals surface area contributed by atoms with Crippen LogP contribution in [0.15, 0.2) is 33.8 Å². The number of nitrogens with zero attached hydrogens (tertiary/aromatic N) is 1. The summed E-state index contributed by atoms with van der Waals surface area (Å²) in [6.45, 7) is 7.57. The van der Waals surface area contributed by atoms with Crippen LogP contribution in [-0.2, 0) is 6.42 Å². The minimum atomic E-state index is -0.244. The molecule has 1 aromatic carbocycles. The lowest BCUT2D eigenvalue weighted by molar-refractivity contribution is 0.0911. The highest BCUT2D eigenvalue weighted by Gasteiger charge is 2.28. The maximum atomic E-state index is 12.4. The van der Waals surface area contributed by atoms with E-state index in [2.05, 4.69) is 15.8 Å². The van der Waals surface area contributed by atoms with Crippen LogP contribution in [0, 0.1) is 13.8 Å². The fourth-order valence-electron chi connectivity index (χ4n) is 3.33. The molecule has 2 amide bonds. The third-order valence-corrected chi connectivity index (χ3v) is 4.63. The first-order valence-corrected chi connectivity index (χ1v) is 9.24. The van der Waals surface area contributed by atoms with E-state index in [0.717, 1.165) is 47.4 Å². The zero-order chi connectivity index (χ0) is 19.6. The van der Waals surface area contributed by atoms with E-state index in [0.29, 0.717) is 11.3 Å². The molecule has 0 unspecified atom stereocenters. The van der Waals surface area contributed by atoms with Crippen LogP contribution in [0.5, 0.6) is 0 Å². The summed E-state index contributed by atoms with van der Waals surface area (Å²) in [7, 11) is 0. The Bertz CT molecular complexity index is 909. The maximum absolute atomic E-state index is 12.4. The van der Waals surface area contributed by atoms with E-state index in [-0.39, 0.29) is 17.9 Å². The first kappa shape index (κ1) is 18.9. The smallest absolute Gasteiger partial charge is 0.287 e. The molecular weight excluding hydrogens is 342 g/mol. The Labute approximate surface area is 159 Å². The summed E-state index contributed by atoms with van der Waals surface area (Å²) in [5, 5.41) is 7.22. The number of fused-ring (bicyclic) bond motifs is 1. The van der Waals surface area contributed by atoms with E-state index in [1.807, 2.05) is 45.9 Å². The van der Waals surface area contributed by atoms with E-state index in [1.54, 1.807) is 6.07 Å². The number of carbonyl (C=O) groups is 2. The second-order valence-corrected chi connectivity index (χ2v) is 7.15. The first-order chi connectivity index (χ1) is 12.9. The highest BCUT2D eigenvalue weighted by molar-refractivity contribution is 6.07. The molecule has 0 bridgehead atoms. The van der Waals surface area contributed by atoms with Crippen molar-refractivity contribution in [1.29, 1.82) is 0 Å². The number of furan rings is 1. The molecule has 6 heteroatoms. The van der Waals surface area contributed by atoms with Gasteiger partial charge in [-0.05, 0) is 52.2 Å². The lowest BCUT2D eigenvalue weighted by atomic mass is 9.93. The number of rotatable bonds is 4. The fourth-order valence-corrected chi connectivity index (χ4v) is 3.33. The zero-order valence-electron chi connectivity index (χ0n) is 16.2. The number of hydrazone groups is 1. The Morgan fingerprint density at radius 1 is 1.11 bits per heavy atom. The summed E-state index contributed by atoms with van der Waals surface area (Å²) in [5.41, 5.74) is 6.52. The molecule has 3 rings (SSSR count). The summed E-state index contributed by atoms with van der Waals surface area (Å²) in [5.74, 6) is 0.622. The highest BCUT2D eigenvalue weighted by Crippen LogP contribution is 2.30. The molecule has 27 heavy (non-hydrogen) atoms. The molecule has 1 heterocycles. The molecule has 6 nitrogen and oxygen atoms in total. The van der Waals surface area contributed by atoms with Crippen LogP contribution >= 0.6 is 0 Å². The van der Waals surface area contributed by atoms with Gasteiger partial charge in [-0.25, -0.2) is 5.43 Å². The van der Waals surface area contributed by atoms with E-state index < -0.39 is 0 Å². The molecule has 2 aromatic rings. The molecule has 0 spiro atoms. The van der Waals surface area contributed by atoms with Crippen molar-refractivity contribution in [3.8, 4) is 0 Å². The average molecular weight is 367 g/mol. The Morgan fingerprint density at radius 3 is 2.56 bits per heavy atom. The molecule has 0 radical (unpaired) electrons. The van der Waals surface area contributed by atoms with Gasteiger partial charge in [0, 0.05) is 29.2 Å². The molecule has 0 saturated heterocycles. The Balaban J connectivity index is 1.87. The van der Waals surface area contributed by atoms with Crippen LogP contribution in [0.4, 0.5) is 0 Å². The minimum Gasteiger partial charge on any atom is -0.455 e. The first-order valence-electron chi connectivity index (χ1n) is 9.24. The van der Waals surface area contributed by atoms with Crippen molar-refractivity contribution in [2.75, 3.05) is 0 Å². The van der Waals surface area contributed by atoms with E-state index in [4.69, 9.17) is 4.42 Å². The van der Waals surface area contributed by atoms with Gasteiger partial charge in [-0.1, -0.05) is 18.2 Å². The van der Waals surface area contributed by atoms with Crippen LogP contribution < -0.4 is 10.7 Å². The van der Waals surface area contributed by atoms with Crippen LogP contribution in [0.3, 0.4) is 0 Å². The standard InChI is InChI=1S/C21H25N3O3/c1-12(2)22-21(26)19-14(4)18-16(10-7-11-17(18)27-19)23-24-20(25)15-9-6-5-8-13(15)3/h5-6,8-9,12H,7,10-11H2,1-4H3,(H,22,26)(H,24,25)/b23-16+. The molecule has 0 atom stereocenters. The molecule has 142 valence electrons. The molecule has 2 N–H and O–H groups in total. The van der Waals surface area contributed by atoms with Crippen LogP contribution in [0.1, 0.15) is 70.1 Å². The Kier molecular flexibility index (Phi) is 5.44. The number of amides is 2. The summed E-state index contributed by atoms with van der Waals surface area (Å²) in [6.07, 6.45) is 2.35. The summed E-state index contributed by atoms with van der Waals surface area (Å²) >= 11 is 0. The largest absolute Gasteiger partial charge is 0.455 e. The van der Waals surface area contributed by atoms with Crippen LogP contribution in [-0.4, -0.2) is 23.6 Å². The predicted molar refractivity (Wildman–Crippen MR) is 104 cm³/mol. The number of hydrogen-bond acceptors (Lipinski definition) is 4. The van der Waals surface area contributed by atoms with Crippen LogP contribution in [0.25, 0.3) is 0 Å². The quantitative estimate of drug-likeness (QED) is 0.811. The van der Waals surface area contributed by atoms with Gasteiger partial charge in [0.1, 0.15) is 5.76 Å². The van der Waals surface area contributed by atoms with Gasteiger partial charge in [-0.3, -0.25) is 9.59 Å². The lowest BCUT2D eigenvalue weighted by Gasteiger charge is -2.13. The van der Waals surface area contributed by atoms with Crippen molar-refractivity contribution in [3.63, 3.8) is 0 Å². The Hall–Kier alpha value is -2.89. The number of nitrogens with one attached hydrogen (secondary N) is 2. The maximum Gasteiger partial charge on any atom is 0.287 e. The number of aryl methyl sites for hydroxylation is 2. The lowest BCUT2D eigenvalue weighted by Crippen LogP contribution is -2.30. The number of benzene rings is 1. The van der Waals surface area contributed by atoms with Crippen LogP contribution in [0.2, 0.25) is 0 Å². The number of hydrogen-bond donors (Lipinski definition) is 2. The van der Waals surface area contributed by atoms with Crippen molar-refractivity contribution < 1.29 is 14.0 Å². The number of carbonyl (C=O) groups excluding carboxylic acids is 2. The molecule has 0 aliphatic heterocycles. The summed E-state index contributed by atoms with van der Waals surface area (Å²) in [4.78, 5) is 24.8. The molecule has 1 aromatic heterocycles. The van der Waals surface area contributed by atoms with E-state index in [1.165, 1.54) is 0 Å². The van der Waals surface area contributed by atoms with Crippen molar-refractivity contribution in [2.24, 2.45) is 5.10 Å². The van der Waals surface area contributed by atoms with Gasteiger partial charge in [-0.2, -0.15) is 5.10 Å². The van der Waals surface area contributed by atoms with Gasteiger partial charge in [0.15, 0.2) is 5.76 Å².